The standard InChI is InChI=1S/C19H31N5O/c1-15-11-19(21-14-20-15)22(3)18-6-9-23(10-7-18)12-17-5-4-8-24(13-17)16(2)25/h11,14,17-18H,4-10,12-13H2,1-3H3. The number of aryl methyl sites for hydroxylation is 1. The van der Waals surface area contributed by atoms with Crippen LogP contribution in [0.25, 0.3) is 0 Å². The molecule has 0 bridgehead atoms. The molecule has 3 rings (SSSR count). The monoisotopic (exact) mass is 345 g/mol. The molecule has 1 atom stereocenters. The number of nitrogens with zero attached hydrogens (tertiary/aromatic N) is 5. The van der Waals surface area contributed by atoms with Gasteiger partial charge in [0.05, 0.1) is 0 Å². The minimum absolute atomic E-state index is 0.227. The topological polar surface area (TPSA) is 52.6 Å². The van der Waals surface area contributed by atoms with E-state index < -0.39 is 0 Å². The van der Waals surface area contributed by atoms with Crippen LogP contribution >= 0.6 is 0 Å². The van der Waals surface area contributed by atoms with Gasteiger partial charge in [0.2, 0.25) is 5.91 Å². The Bertz CT molecular complexity index is 585. The van der Waals surface area contributed by atoms with Crippen molar-refractivity contribution in [3.8, 4) is 0 Å². The lowest BCUT2D eigenvalue weighted by molar-refractivity contribution is -0.130. The van der Waals surface area contributed by atoms with Gasteiger partial charge in [0.25, 0.3) is 0 Å². The Morgan fingerprint density at radius 2 is 2.00 bits per heavy atom. The minimum atomic E-state index is 0.227. The summed E-state index contributed by atoms with van der Waals surface area (Å²) in [6, 6.07) is 2.61. The molecule has 2 aliphatic heterocycles. The van der Waals surface area contributed by atoms with Gasteiger partial charge < -0.3 is 14.7 Å². The van der Waals surface area contributed by atoms with Gasteiger partial charge in [-0.2, -0.15) is 0 Å². The van der Waals surface area contributed by atoms with Gasteiger partial charge in [-0.25, -0.2) is 9.97 Å². The molecule has 1 aromatic heterocycles. The maximum atomic E-state index is 11.6. The fourth-order valence-corrected chi connectivity index (χ4v) is 4.17. The maximum Gasteiger partial charge on any atom is 0.219 e. The molecule has 2 fully saturated rings. The zero-order valence-corrected chi connectivity index (χ0v) is 15.8. The second-order valence-corrected chi connectivity index (χ2v) is 7.63. The van der Waals surface area contributed by atoms with Gasteiger partial charge in [0.1, 0.15) is 12.1 Å². The Kier molecular flexibility index (Phi) is 5.89. The Balaban J connectivity index is 1.48. The van der Waals surface area contributed by atoms with Crippen molar-refractivity contribution >= 4 is 11.7 Å². The number of hydrogen-bond donors (Lipinski definition) is 0. The van der Waals surface area contributed by atoms with Crippen molar-refractivity contribution in [1.82, 2.24) is 19.8 Å². The van der Waals surface area contributed by atoms with E-state index >= 15 is 0 Å². The first-order valence-electron chi connectivity index (χ1n) is 9.52. The third-order valence-corrected chi connectivity index (χ3v) is 5.74. The first kappa shape index (κ1) is 18.1. The minimum Gasteiger partial charge on any atom is -0.356 e. The zero-order chi connectivity index (χ0) is 17.8. The van der Waals surface area contributed by atoms with Crippen molar-refractivity contribution in [3.05, 3.63) is 18.1 Å². The molecule has 0 radical (unpaired) electrons. The van der Waals surface area contributed by atoms with Crippen LogP contribution in [0.1, 0.15) is 38.3 Å². The van der Waals surface area contributed by atoms with Crippen LogP contribution in [0.15, 0.2) is 12.4 Å². The van der Waals surface area contributed by atoms with Crippen molar-refractivity contribution in [1.29, 1.82) is 0 Å². The van der Waals surface area contributed by atoms with E-state index in [-0.39, 0.29) is 5.91 Å². The molecule has 3 heterocycles. The summed E-state index contributed by atoms with van der Waals surface area (Å²) in [4.78, 5) is 27.1. The third-order valence-electron chi connectivity index (χ3n) is 5.74. The molecule has 25 heavy (non-hydrogen) atoms. The van der Waals surface area contributed by atoms with E-state index in [4.69, 9.17) is 0 Å². The number of rotatable bonds is 4. The molecule has 0 N–H and O–H groups in total. The van der Waals surface area contributed by atoms with E-state index in [1.54, 1.807) is 13.3 Å². The lowest BCUT2D eigenvalue weighted by Crippen LogP contribution is -2.47. The van der Waals surface area contributed by atoms with Crippen LogP contribution in [0.3, 0.4) is 0 Å². The highest BCUT2D eigenvalue weighted by atomic mass is 16.2. The second-order valence-electron chi connectivity index (χ2n) is 7.63. The van der Waals surface area contributed by atoms with Crippen LogP contribution in [-0.4, -0.2) is 71.5 Å². The summed E-state index contributed by atoms with van der Waals surface area (Å²) in [5.74, 6) is 1.89. The fourth-order valence-electron chi connectivity index (χ4n) is 4.17. The molecule has 0 aromatic carbocycles. The molecule has 138 valence electrons. The van der Waals surface area contributed by atoms with Gasteiger partial charge >= 0.3 is 0 Å². The Labute approximate surface area is 151 Å². The molecule has 1 unspecified atom stereocenters. The van der Waals surface area contributed by atoms with Gasteiger partial charge in [-0.1, -0.05) is 0 Å². The summed E-state index contributed by atoms with van der Waals surface area (Å²) in [7, 11) is 2.15. The molecule has 2 saturated heterocycles. The highest BCUT2D eigenvalue weighted by Crippen LogP contribution is 2.23. The molecule has 6 heteroatoms. The van der Waals surface area contributed by atoms with E-state index in [0.717, 1.165) is 50.7 Å². The number of carbonyl (C=O) groups is 1. The molecule has 0 saturated carbocycles. The van der Waals surface area contributed by atoms with Gasteiger partial charge in [0, 0.05) is 64.5 Å². The molecule has 1 amide bonds. The maximum absolute atomic E-state index is 11.6. The number of carbonyl (C=O) groups excluding carboxylic acids is 1. The molecule has 6 nitrogen and oxygen atoms in total. The van der Waals surface area contributed by atoms with Crippen molar-refractivity contribution < 1.29 is 4.79 Å². The quantitative estimate of drug-likeness (QED) is 0.835. The predicted molar refractivity (Wildman–Crippen MR) is 99.6 cm³/mol. The van der Waals surface area contributed by atoms with Crippen LogP contribution in [0, 0.1) is 12.8 Å². The van der Waals surface area contributed by atoms with E-state index in [1.807, 2.05) is 11.8 Å². The molecule has 0 spiro atoms. The second kappa shape index (κ2) is 8.13. The first-order valence-corrected chi connectivity index (χ1v) is 9.52. The summed E-state index contributed by atoms with van der Waals surface area (Å²) < 4.78 is 0. The number of aromatic nitrogens is 2. The van der Waals surface area contributed by atoms with Crippen molar-refractivity contribution in [2.45, 2.75) is 45.6 Å². The van der Waals surface area contributed by atoms with Crippen molar-refractivity contribution in [3.63, 3.8) is 0 Å². The summed E-state index contributed by atoms with van der Waals surface area (Å²) in [6.07, 6.45) is 6.39. The lowest BCUT2D eigenvalue weighted by Gasteiger charge is -2.40. The number of likely N-dealkylation sites (tertiary alicyclic amines) is 2. The smallest absolute Gasteiger partial charge is 0.219 e. The van der Waals surface area contributed by atoms with Crippen LogP contribution in [0.4, 0.5) is 5.82 Å². The van der Waals surface area contributed by atoms with Gasteiger partial charge in [-0.15, -0.1) is 0 Å². The van der Waals surface area contributed by atoms with Crippen molar-refractivity contribution in [2.75, 3.05) is 44.7 Å². The Hall–Kier alpha value is -1.69. The van der Waals surface area contributed by atoms with Crippen molar-refractivity contribution in [2.24, 2.45) is 5.92 Å². The zero-order valence-electron chi connectivity index (χ0n) is 15.8. The first-order chi connectivity index (χ1) is 12.0. The van der Waals surface area contributed by atoms with E-state index in [0.29, 0.717) is 12.0 Å². The van der Waals surface area contributed by atoms with Gasteiger partial charge in [0.15, 0.2) is 0 Å². The SMILES string of the molecule is CC(=O)N1CCCC(CN2CCC(N(C)c3cc(C)ncn3)CC2)C1. The number of hydrogen-bond acceptors (Lipinski definition) is 5. The summed E-state index contributed by atoms with van der Waals surface area (Å²) in [5, 5.41) is 0. The average Bonchev–Trinajstić information content (AvgIpc) is 2.62. The largest absolute Gasteiger partial charge is 0.356 e. The molecular formula is C19H31N5O. The predicted octanol–water partition coefficient (Wildman–Crippen LogP) is 1.94. The van der Waals surface area contributed by atoms with E-state index in [9.17, 15) is 4.79 Å². The Morgan fingerprint density at radius 1 is 1.24 bits per heavy atom. The van der Waals surface area contributed by atoms with Crippen LogP contribution in [0.2, 0.25) is 0 Å². The summed E-state index contributed by atoms with van der Waals surface area (Å²) >= 11 is 0. The van der Waals surface area contributed by atoms with Crippen LogP contribution in [-0.2, 0) is 4.79 Å². The molecule has 0 aliphatic carbocycles. The average molecular weight is 345 g/mol. The summed E-state index contributed by atoms with van der Waals surface area (Å²) in [6.45, 7) is 8.99. The lowest BCUT2D eigenvalue weighted by atomic mass is 9.95. The molecule has 2 aliphatic rings. The highest BCUT2D eigenvalue weighted by Gasteiger charge is 2.27. The van der Waals surface area contributed by atoms with Gasteiger partial charge in [-0.05, 0) is 38.5 Å². The van der Waals surface area contributed by atoms with Gasteiger partial charge in [-0.3, -0.25) is 4.79 Å². The molecular weight excluding hydrogens is 314 g/mol. The van der Waals surface area contributed by atoms with E-state index in [1.165, 1.54) is 19.3 Å². The normalized spacial score (nSPS) is 22.8. The fraction of sp³-hybridized carbons (Fsp3) is 0.737. The van der Waals surface area contributed by atoms with Crippen LogP contribution in [0.5, 0.6) is 0 Å². The number of piperidine rings is 2. The van der Waals surface area contributed by atoms with Crippen LogP contribution < -0.4 is 4.90 Å². The number of anilines is 1. The molecule has 1 aromatic rings. The third kappa shape index (κ3) is 4.69. The summed E-state index contributed by atoms with van der Waals surface area (Å²) in [5.41, 5.74) is 1.02. The Morgan fingerprint density at radius 3 is 2.68 bits per heavy atom. The highest BCUT2D eigenvalue weighted by molar-refractivity contribution is 5.73. The number of amides is 1. The van der Waals surface area contributed by atoms with E-state index in [2.05, 4.69) is 32.9 Å².